The van der Waals surface area contributed by atoms with E-state index in [0.29, 0.717) is 30.6 Å². The Morgan fingerprint density at radius 1 is 1.21 bits per heavy atom. The fraction of sp³-hybridized carbons (Fsp3) is 0.320. The van der Waals surface area contributed by atoms with Gasteiger partial charge in [0.2, 0.25) is 10.0 Å². The second kappa shape index (κ2) is 10.3. The summed E-state index contributed by atoms with van der Waals surface area (Å²) < 4.78 is 33.8. The van der Waals surface area contributed by atoms with Gasteiger partial charge < -0.3 is 19.8 Å². The molecule has 0 saturated carbocycles. The van der Waals surface area contributed by atoms with Crippen LogP contribution >= 0.6 is 0 Å². The molecule has 1 atom stereocenters. The Hall–Kier alpha value is -3.30. The molecule has 2 N–H and O–H groups in total. The second-order valence-corrected chi connectivity index (χ2v) is 10.3. The Balaban J connectivity index is 1.88. The van der Waals surface area contributed by atoms with Crippen LogP contribution in [0.15, 0.2) is 71.3 Å². The van der Waals surface area contributed by atoms with Crippen molar-refractivity contribution in [3.8, 4) is 17.2 Å². The van der Waals surface area contributed by atoms with E-state index in [9.17, 15) is 18.3 Å². The van der Waals surface area contributed by atoms with Crippen molar-refractivity contribution in [1.82, 2.24) is 9.21 Å². The number of sulfonamides is 1. The van der Waals surface area contributed by atoms with Crippen molar-refractivity contribution >= 4 is 16.0 Å². The molecule has 1 aliphatic carbocycles. The first-order valence-electron chi connectivity index (χ1n) is 10.9. The highest BCUT2D eigenvalue weighted by molar-refractivity contribution is 7.89. The molecule has 0 aromatic heterocycles. The number of likely N-dealkylation sites (N-methyl/N-ethyl adjacent to an activating group) is 2. The zero-order valence-electron chi connectivity index (χ0n) is 19.6. The number of phenols is 1. The van der Waals surface area contributed by atoms with Crippen LogP contribution in [0.5, 0.6) is 17.2 Å². The SMILES string of the molecule is C=CC1=C(N(C)CC(=O)O)CCC[C@H]1N(C)S(=O)(=O)c1ccc(Oc2ccc(C)cc2)c(O)c1. The van der Waals surface area contributed by atoms with Crippen LogP contribution < -0.4 is 4.74 Å². The highest BCUT2D eigenvalue weighted by atomic mass is 32.2. The van der Waals surface area contributed by atoms with Gasteiger partial charge in [0.25, 0.3) is 0 Å². The molecule has 2 aromatic rings. The third kappa shape index (κ3) is 5.43. The van der Waals surface area contributed by atoms with Gasteiger partial charge in [-0.3, -0.25) is 4.79 Å². The Morgan fingerprint density at radius 3 is 2.47 bits per heavy atom. The molecule has 9 heteroatoms. The second-order valence-electron chi connectivity index (χ2n) is 8.33. The Bertz CT molecular complexity index is 1200. The molecule has 0 unspecified atom stereocenters. The van der Waals surface area contributed by atoms with Crippen molar-refractivity contribution < 1.29 is 28.2 Å². The lowest BCUT2D eigenvalue weighted by molar-refractivity contribution is -0.137. The van der Waals surface area contributed by atoms with Crippen molar-refractivity contribution in [3.63, 3.8) is 0 Å². The number of aromatic hydroxyl groups is 1. The first-order chi connectivity index (χ1) is 16.0. The lowest BCUT2D eigenvalue weighted by Crippen LogP contribution is -2.41. The van der Waals surface area contributed by atoms with Crippen LogP contribution in [0.2, 0.25) is 0 Å². The molecule has 182 valence electrons. The van der Waals surface area contributed by atoms with Crippen molar-refractivity contribution in [2.75, 3.05) is 20.6 Å². The summed E-state index contributed by atoms with van der Waals surface area (Å²) in [5.41, 5.74) is 2.51. The zero-order valence-corrected chi connectivity index (χ0v) is 20.4. The Morgan fingerprint density at radius 2 is 1.88 bits per heavy atom. The van der Waals surface area contributed by atoms with Crippen LogP contribution in [0.3, 0.4) is 0 Å². The summed E-state index contributed by atoms with van der Waals surface area (Å²) >= 11 is 0. The number of rotatable bonds is 9. The van der Waals surface area contributed by atoms with Gasteiger partial charge in [0, 0.05) is 25.9 Å². The van der Waals surface area contributed by atoms with Gasteiger partial charge in [-0.15, -0.1) is 0 Å². The van der Waals surface area contributed by atoms with E-state index in [1.807, 2.05) is 19.1 Å². The number of carboxylic acids is 1. The maximum absolute atomic E-state index is 13.4. The van der Waals surface area contributed by atoms with E-state index < -0.39 is 22.0 Å². The van der Waals surface area contributed by atoms with Crippen LogP contribution in [-0.2, 0) is 14.8 Å². The highest BCUT2D eigenvalue weighted by Gasteiger charge is 2.34. The summed E-state index contributed by atoms with van der Waals surface area (Å²) in [6.45, 7) is 5.60. The van der Waals surface area contributed by atoms with E-state index in [4.69, 9.17) is 9.84 Å². The van der Waals surface area contributed by atoms with Gasteiger partial charge in [-0.1, -0.05) is 30.4 Å². The number of ether oxygens (including phenoxy) is 1. The fourth-order valence-electron chi connectivity index (χ4n) is 4.11. The number of nitrogens with zero attached hydrogens (tertiary/aromatic N) is 2. The first kappa shape index (κ1) is 25.3. The van der Waals surface area contributed by atoms with Crippen LogP contribution in [0.1, 0.15) is 24.8 Å². The number of benzene rings is 2. The molecular weight excluding hydrogens is 456 g/mol. The fourth-order valence-corrected chi connectivity index (χ4v) is 5.49. The topological polar surface area (TPSA) is 107 Å². The van der Waals surface area contributed by atoms with Crippen molar-refractivity contribution in [2.24, 2.45) is 0 Å². The summed E-state index contributed by atoms with van der Waals surface area (Å²) in [6.07, 6.45) is 3.51. The van der Waals surface area contributed by atoms with E-state index >= 15 is 0 Å². The summed E-state index contributed by atoms with van der Waals surface area (Å²) in [5.74, 6) is -0.591. The largest absolute Gasteiger partial charge is 0.504 e. The van der Waals surface area contributed by atoms with Gasteiger partial charge in [-0.2, -0.15) is 4.31 Å². The molecule has 1 aliphatic rings. The summed E-state index contributed by atoms with van der Waals surface area (Å²) in [6, 6.07) is 10.8. The number of aryl methyl sites for hydroxylation is 1. The Kier molecular flexibility index (Phi) is 7.68. The lowest BCUT2D eigenvalue weighted by Gasteiger charge is -2.36. The van der Waals surface area contributed by atoms with Crippen molar-refractivity contribution in [1.29, 1.82) is 0 Å². The van der Waals surface area contributed by atoms with Gasteiger partial charge in [0.05, 0.1) is 10.9 Å². The summed E-state index contributed by atoms with van der Waals surface area (Å²) in [5, 5.41) is 19.6. The molecule has 34 heavy (non-hydrogen) atoms. The quantitative estimate of drug-likeness (QED) is 0.549. The van der Waals surface area contributed by atoms with E-state index in [1.165, 1.54) is 29.6 Å². The van der Waals surface area contributed by atoms with E-state index in [2.05, 4.69) is 6.58 Å². The molecular formula is C25H30N2O6S. The molecule has 0 heterocycles. The minimum Gasteiger partial charge on any atom is -0.504 e. The van der Waals surface area contributed by atoms with Crippen LogP contribution in [-0.4, -0.2) is 60.5 Å². The number of aliphatic carboxylic acids is 1. The molecule has 0 fully saturated rings. The van der Waals surface area contributed by atoms with Crippen LogP contribution in [0, 0.1) is 6.92 Å². The van der Waals surface area contributed by atoms with Crippen molar-refractivity contribution in [3.05, 3.63) is 72.0 Å². The standard InChI is InChI=1S/C25H30N2O6S/c1-5-20-21(26(3)16-25(29)30)7-6-8-22(20)27(4)34(31,32)19-13-14-24(23(28)15-19)33-18-11-9-17(2)10-12-18/h5,9-15,22,28H,1,6-8,16H2,2-4H3,(H,29,30)/t22-/m1/s1. The number of carboxylic acid groups (broad SMARTS) is 1. The summed E-state index contributed by atoms with van der Waals surface area (Å²) in [7, 11) is -0.812. The number of phenolic OH excluding ortho intramolecular Hbond substituents is 1. The maximum atomic E-state index is 13.4. The van der Waals surface area contributed by atoms with E-state index in [1.54, 1.807) is 30.2 Å². The van der Waals surface area contributed by atoms with Gasteiger partial charge in [-0.05, 0) is 56.0 Å². The number of hydrogen-bond donors (Lipinski definition) is 2. The first-order valence-corrected chi connectivity index (χ1v) is 12.3. The average Bonchev–Trinajstić information content (AvgIpc) is 2.80. The monoisotopic (exact) mass is 486 g/mol. The molecule has 0 saturated heterocycles. The predicted molar refractivity (Wildman–Crippen MR) is 129 cm³/mol. The third-order valence-electron chi connectivity index (χ3n) is 5.93. The van der Waals surface area contributed by atoms with E-state index in [-0.39, 0.29) is 22.9 Å². The normalized spacial score (nSPS) is 16.4. The Labute approximate surface area is 200 Å². The van der Waals surface area contributed by atoms with Gasteiger partial charge in [0.15, 0.2) is 11.5 Å². The molecule has 0 spiro atoms. The molecule has 0 radical (unpaired) electrons. The van der Waals surface area contributed by atoms with E-state index in [0.717, 1.165) is 11.3 Å². The third-order valence-corrected chi connectivity index (χ3v) is 7.79. The zero-order chi connectivity index (χ0) is 25.0. The van der Waals surface area contributed by atoms with Crippen LogP contribution in [0.4, 0.5) is 0 Å². The maximum Gasteiger partial charge on any atom is 0.323 e. The molecule has 8 nitrogen and oxygen atoms in total. The smallest absolute Gasteiger partial charge is 0.323 e. The highest BCUT2D eigenvalue weighted by Crippen LogP contribution is 2.36. The molecule has 0 bridgehead atoms. The summed E-state index contributed by atoms with van der Waals surface area (Å²) in [4.78, 5) is 12.7. The molecule has 3 rings (SSSR count). The molecule has 0 aliphatic heterocycles. The van der Waals surface area contributed by atoms with Crippen molar-refractivity contribution in [2.45, 2.75) is 37.1 Å². The van der Waals surface area contributed by atoms with Gasteiger partial charge in [0.1, 0.15) is 12.3 Å². The minimum absolute atomic E-state index is 0.0711. The number of hydrogen-bond acceptors (Lipinski definition) is 6. The van der Waals surface area contributed by atoms with Gasteiger partial charge in [-0.25, -0.2) is 8.42 Å². The van der Waals surface area contributed by atoms with Gasteiger partial charge >= 0.3 is 5.97 Å². The lowest BCUT2D eigenvalue weighted by atomic mass is 9.90. The van der Waals surface area contributed by atoms with Crippen LogP contribution in [0.25, 0.3) is 0 Å². The molecule has 0 amide bonds. The molecule has 2 aromatic carbocycles. The number of carbonyl (C=O) groups is 1. The predicted octanol–water partition coefficient (Wildman–Crippen LogP) is 4.12. The minimum atomic E-state index is -3.97. The average molecular weight is 487 g/mol. The number of allylic oxidation sites excluding steroid dienone is 1.